The van der Waals surface area contributed by atoms with Gasteiger partial charge in [-0.15, -0.1) is 0 Å². The average molecular weight is 268 g/mol. The third-order valence-electron chi connectivity index (χ3n) is 2.89. The van der Waals surface area contributed by atoms with Crippen molar-refractivity contribution < 1.29 is 9.18 Å². The van der Waals surface area contributed by atoms with Crippen LogP contribution in [-0.2, 0) is 11.2 Å². The molecule has 5 heteroatoms. The molecule has 2 N–H and O–H groups in total. The number of amides is 1. The molecular formula is C13H17FN2OS. The van der Waals surface area contributed by atoms with E-state index in [4.69, 9.17) is 0 Å². The summed E-state index contributed by atoms with van der Waals surface area (Å²) in [5.41, 5.74) is 0.642. The van der Waals surface area contributed by atoms with Gasteiger partial charge in [0.05, 0.1) is 6.04 Å². The highest BCUT2D eigenvalue weighted by atomic mass is 32.2. The highest BCUT2D eigenvalue weighted by Crippen LogP contribution is 2.08. The Morgan fingerprint density at radius 3 is 3.06 bits per heavy atom. The van der Waals surface area contributed by atoms with E-state index in [-0.39, 0.29) is 17.8 Å². The number of carbonyl (C=O) groups excluding carboxylic acids is 1. The number of nitrogens with one attached hydrogen (secondary N) is 2. The lowest BCUT2D eigenvalue weighted by atomic mass is 10.1. The van der Waals surface area contributed by atoms with Gasteiger partial charge in [-0.3, -0.25) is 4.79 Å². The van der Waals surface area contributed by atoms with Gasteiger partial charge < -0.3 is 10.6 Å². The van der Waals surface area contributed by atoms with Crippen molar-refractivity contribution in [1.82, 2.24) is 10.6 Å². The second kappa shape index (κ2) is 6.75. The van der Waals surface area contributed by atoms with Crippen LogP contribution in [0.3, 0.4) is 0 Å². The first-order chi connectivity index (χ1) is 8.77. The summed E-state index contributed by atoms with van der Waals surface area (Å²) < 4.78 is 13.3. The summed E-state index contributed by atoms with van der Waals surface area (Å²) in [6, 6.07) is 6.55. The van der Waals surface area contributed by atoms with Crippen LogP contribution in [-0.4, -0.2) is 36.5 Å². The Bertz CT molecular complexity index is 408. The van der Waals surface area contributed by atoms with Crippen LogP contribution in [0, 0.1) is 5.82 Å². The molecule has 1 aromatic carbocycles. The Balaban J connectivity index is 1.75. The number of thioether (sulfide) groups is 1. The van der Waals surface area contributed by atoms with Gasteiger partial charge in [0.25, 0.3) is 0 Å². The zero-order valence-corrected chi connectivity index (χ0v) is 10.9. The van der Waals surface area contributed by atoms with E-state index in [0.29, 0.717) is 18.5 Å². The minimum Gasteiger partial charge on any atom is -0.354 e. The SMILES string of the molecule is O=C(NCCc1ccccc1F)C1CSCCN1. The van der Waals surface area contributed by atoms with Crippen molar-refractivity contribution in [1.29, 1.82) is 0 Å². The predicted molar refractivity (Wildman–Crippen MR) is 72.2 cm³/mol. The lowest BCUT2D eigenvalue weighted by Crippen LogP contribution is -2.49. The van der Waals surface area contributed by atoms with Crippen LogP contribution in [0.15, 0.2) is 24.3 Å². The third-order valence-corrected chi connectivity index (χ3v) is 3.95. The van der Waals surface area contributed by atoms with E-state index >= 15 is 0 Å². The molecule has 0 spiro atoms. The first kappa shape index (κ1) is 13.4. The molecule has 18 heavy (non-hydrogen) atoms. The summed E-state index contributed by atoms with van der Waals surface area (Å²) in [6.07, 6.45) is 0.526. The topological polar surface area (TPSA) is 41.1 Å². The molecule has 0 radical (unpaired) electrons. The number of benzene rings is 1. The van der Waals surface area contributed by atoms with Gasteiger partial charge in [0.15, 0.2) is 0 Å². The van der Waals surface area contributed by atoms with Gasteiger partial charge >= 0.3 is 0 Å². The van der Waals surface area contributed by atoms with Crippen LogP contribution >= 0.6 is 11.8 Å². The molecule has 1 fully saturated rings. The van der Waals surface area contributed by atoms with Gasteiger partial charge in [0.1, 0.15) is 5.82 Å². The molecule has 1 heterocycles. The van der Waals surface area contributed by atoms with Crippen molar-refractivity contribution in [3.63, 3.8) is 0 Å². The van der Waals surface area contributed by atoms with Crippen molar-refractivity contribution in [2.45, 2.75) is 12.5 Å². The van der Waals surface area contributed by atoms with E-state index in [1.165, 1.54) is 6.07 Å². The molecule has 1 amide bonds. The number of halogens is 1. The minimum absolute atomic E-state index is 0.0125. The summed E-state index contributed by atoms with van der Waals surface area (Å²) in [5.74, 6) is 1.67. The predicted octanol–water partition coefficient (Wildman–Crippen LogP) is 1.19. The quantitative estimate of drug-likeness (QED) is 0.862. The monoisotopic (exact) mass is 268 g/mol. The van der Waals surface area contributed by atoms with Crippen molar-refractivity contribution in [2.24, 2.45) is 0 Å². The lowest BCUT2D eigenvalue weighted by molar-refractivity contribution is -0.122. The van der Waals surface area contributed by atoms with Gasteiger partial charge in [-0.25, -0.2) is 4.39 Å². The van der Waals surface area contributed by atoms with E-state index in [1.807, 2.05) is 0 Å². The van der Waals surface area contributed by atoms with Crippen LogP contribution < -0.4 is 10.6 Å². The molecule has 0 bridgehead atoms. The Labute approximate surface area is 111 Å². The van der Waals surface area contributed by atoms with Crippen molar-refractivity contribution >= 4 is 17.7 Å². The number of hydrogen-bond donors (Lipinski definition) is 2. The summed E-state index contributed by atoms with van der Waals surface area (Å²) in [5, 5.41) is 6.02. The number of carbonyl (C=O) groups is 1. The van der Waals surface area contributed by atoms with Crippen LogP contribution in [0.25, 0.3) is 0 Å². The van der Waals surface area contributed by atoms with Gasteiger partial charge in [-0.2, -0.15) is 11.8 Å². The number of rotatable bonds is 4. The Morgan fingerprint density at radius 2 is 2.33 bits per heavy atom. The summed E-state index contributed by atoms with van der Waals surface area (Å²) >= 11 is 1.78. The lowest BCUT2D eigenvalue weighted by Gasteiger charge is -2.22. The van der Waals surface area contributed by atoms with Crippen molar-refractivity contribution in [3.8, 4) is 0 Å². The van der Waals surface area contributed by atoms with Crippen molar-refractivity contribution in [2.75, 3.05) is 24.6 Å². The molecule has 1 saturated heterocycles. The second-order valence-electron chi connectivity index (χ2n) is 4.21. The molecule has 1 atom stereocenters. The smallest absolute Gasteiger partial charge is 0.238 e. The summed E-state index contributed by atoms with van der Waals surface area (Å²) in [4.78, 5) is 11.8. The summed E-state index contributed by atoms with van der Waals surface area (Å²) in [7, 11) is 0. The Morgan fingerprint density at radius 1 is 1.50 bits per heavy atom. The first-order valence-electron chi connectivity index (χ1n) is 6.09. The maximum absolute atomic E-state index is 13.3. The van der Waals surface area contributed by atoms with Crippen molar-refractivity contribution in [3.05, 3.63) is 35.6 Å². The molecule has 1 aliphatic rings. The van der Waals surface area contributed by atoms with Gasteiger partial charge in [-0.1, -0.05) is 18.2 Å². The zero-order chi connectivity index (χ0) is 12.8. The molecule has 98 valence electrons. The standard InChI is InChI=1S/C13H17FN2OS/c14-11-4-2-1-3-10(11)5-6-16-13(17)12-9-18-8-7-15-12/h1-4,12,15H,5-9H2,(H,16,17). The first-order valence-corrected chi connectivity index (χ1v) is 7.25. The molecule has 0 saturated carbocycles. The van der Waals surface area contributed by atoms with E-state index in [1.54, 1.807) is 30.0 Å². The van der Waals surface area contributed by atoms with E-state index in [2.05, 4.69) is 10.6 Å². The van der Waals surface area contributed by atoms with Crippen LogP contribution in [0.4, 0.5) is 4.39 Å². The fraction of sp³-hybridized carbons (Fsp3) is 0.462. The second-order valence-corrected chi connectivity index (χ2v) is 5.36. The van der Waals surface area contributed by atoms with Crippen LogP contribution in [0.1, 0.15) is 5.56 Å². The van der Waals surface area contributed by atoms with E-state index in [9.17, 15) is 9.18 Å². The molecule has 0 aromatic heterocycles. The fourth-order valence-corrected chi connectivity index (χ4v) is 2.81. The maximum atomic E-state index is 13.3. The minimum atomic E-state index is -0.210. The molecular weight excluding hydrogens is 251 g/mol. The van der Waals surface area contributed by atoms with Crippen LogP contribution in [0.2, 0.25) is 0 Å². The van der Waals surface area contributed by atoms with Gasteiger partial charge in [-0.05, 0) is 18.1 Å². The highest BCUT2D eigenvalue weighted by molar-refractivity contribution is 7.99. The zero-order valence-electron chi connectivity index (χ0n) is 10.1. The van der Waals surface area contributed by atoms with Gasteiger partial charge in [0.2, 0.25) is 5.91 Å². The van der Waals surface area contributed by atoms with Crippen LogP contribution in [0.5, 0.6) is 0 Å². The normalized spacial score (nSPS) is 19.5. The average Bonchev–Trinajstić information content (AvgIpc) is 2.42. The van der Waals surface area contributed by atoms with E-state index < -0.39 is 0 Å². The Hall–Kier alpha value is -1.07. The van der Waals surface area contributed by atoms with E-state index in [0.717, 1.165) is 18.1 Å². The molecule has 3 nitrogen and oxygen atoms in total. The maximum Gasteiger partial charge on any atom is 0.238 e. The summed E-state index contributed by atoms with van der Waals surface area (Å²) in [6.45, 7) is 1.35. The molecule has 0 aliphatic carbocycles. The molecule has 2 rings (SSSR count). The Kier molecular flexibility index (Phi) is 5.01. The fourth-order valence-electron chi connectivity index (χ4n) is 1.88. The number of hydrogen-bond acceptors (Lipinski definition) is 3. The highest BCUT2D eigenvalue weighted by Gasteiger charge is 2.20. The largest absolute Gasteiger partial charge is 0.354 e. The molecule has 1 unspecified atom stereocenters. The van der Waals surface area contributed by atoms with Gasteiger partial charge in [0, 0.05) is 24.6 Å². The molecule has 1 aromatic rings. The molecule has 1 aliphatic heterocycles. The third kappa shape index (κ3) is 3.71.